The van der Waals surface area contributed by atoms with Crippen LogP contribution in [0.4, 0.5) is 4.79 Å². The first-order valence-electron chi connectivity index (χ1n) is 10.1. The van der Waals surface area contributed by atoms with Crippen molar-refractivity contribution < 1.29 is 19.1 Å². The summed E-state index contributed by atoms with van der Waals surface area (Å²) in [5.41, 5.74) is 1.72. The molecule has 2 amide bonds. The van der Waals surface area contributed by atoms with Crippen molar-refractivity contribution in [3.63, 3.8) is 0 Å². The molecule has 0 N–H and O–H groups in total. The van der Waals surface area contributed by atoms with Crippen molar-refractivity contribution in [1.29, 1.82) is 0 Å². The molecule has 1 aliphatic heterocycles. The van der Waals surface area contributed by atoms with Crippen LogP contribution in [0.5, 0.6) is 11.5 Å². The number of carbonyl (C=O) groups excluding carboxylic acids is 2. The first kappa shape index (κ1) is 21.0. The second-order valence-corrected chi connectivity index (χ2v) is 8.16. The predicted molar refractivity (Wildman–Crippen MR) is 124 cm³/mol. The molecule has 4 rings (SSSR count). The Bertz CT molecular complexity index is 1170. The lowest BCUT2D eigenvalue weighted by Gasteiger charge is -2.14. The van der Waals surface area contributed by atoms with Gasteiger partial charge in [-0.25, -0.2) is 0 Å². The Morgan fingerprint density at radius 1 is 1.00 bits per heavy atom. The monoisotopic (exact) mass is 433 g/mol. The zero-order valence-corrected chi connectivity index (χ0v) is 18.3. The average Bonchev–Trinajstić information content (AvgIpc) is 3.05. The summed E-state index contributed by atoms with van der Waals surface area (Å²) in [5.74, 6) is 0.968. The molecule has 1 fully saturated rings. The van der Waals surface area contributed by atoms with Crippen LogP contribution in [-0.4, -0.2) is 29.8 Å². The third kappa shape index (κ3) is 4.44. The van der Waals surface area contributed by atoms with Crippen molar-refractivity contribution in [3.8, 4) is 11.5 Å². The molecule has 0 aromatic heterocycles. The average molecular weight is 434 g/mol. The molecule has 31 heavy (non-hydrogen) atoms. The molecule has 0 bridgehead atoms. The maximum Gasteiger partial charge on any atom is 0.293 e. The van der Waals surface area contributed by atoms with Gasteiger partial charge in [0, 0.05) is 0 Å². The molecule has 3 aromatic rings. The van der Waals surface area contributed by atoms with Gasteiger partial charge in [0.25, 0.3) is 11.1 Å². The van der Waals surface area contributed by atoms with Crippen LogP contribution in [0.3, 0.4) is 0 Å². The zero-order valence-electron chi connectivity index (χ0n) is 17.5. The number of nitrogens with zero attached hydrogens (tertiary/aromatic N) is 1. The van der Waals surface area contributed by atoms with E-state index in [4.69, 9.17) is 9.47 Å². The van der Waals surface area contributed by atoms with Crippen molar-refractivity contribution in [1.82, 2.24) is 4.90 Å². The molecule has 1 aliphatic rings. The van der Waals surface area contributed by atoms with E-state index in [1.165, 1.54) is 4.90 Å². The number of hydrogen-bond acceptors (Lipinski definition) is 5. The summed E-state index contributed by atoms with van der Waals surface area (Å²) in [5, 5.41) is 1.86. The Balaban J connectivity index is 1.57. The lowest BCUT2D eigenvalue weighted by Crippen LogP contribution is -2.27. The molecule has 0 radical (unpaired) electrons. The minimum atomic E-state index is -0.284. The van der Waals surface area contributed by atoms with E-state index in [2.05, 4.69) is 0 Å². The van der Waals surface area contributed by atoms with E-state index in [1.54, 1.807) is 13.2 Å². The Morgan fingerprint density at radius 3 is 2.61 bits per heavy atom. The Hall–Kier alpha value is -3.25. The van der Waals surface area contributed by atoms with Gasteiger partial charge in [-0.2, -0.15) is 0 Å². The quantitative estimate of drug-likeness (QED) is 0.436. The van der Waals surface area contributed by atoms with Crippen LogP contribution in [0, 0.1) is 0 Å². The normalized spacial score (nSPS) is 15.2. The Morgan fingerprint density at radius 2 is 1.81 bits per heavy atom. The highest BCUT2D eigenvalue weighted by molar-refractivity contribution is 8.18. The number of benzene rings is 3. The lowest BCUT2D eigenvalue weighted by molar-refractivity contribution is -0.123. The van der Waals surface area contributed by atoms with Crippen LogP contribution in [-0.2, 0) is 11.3 Å². The maximum atomic E-state index is 13.0. The number of fused-ring (bicyclic) bond motifs is 1. The van der Waals surface area contributed by atoms with E-state index in [0.717, 1.165) is 40.1 Å². The molecule has 0 spiro atoms. The maximum absolute atomic E-state index is 13.0. The standard InChI is InChI=1S/C25H23NO4S/c1-3-13-30-21-12-11-17(14-22(21)29-2)15-23-24(27)26(25(28)31-23)16-19-9-6-8-18-7-4-5-10-20(18)19/h4-12,14-15H,3,13,16H2,1-2H3/b23-15-. The predicted octanol–water partition coefficient (Wildman–Crippen LogP) is 5.87. The van der Waals surface area contributed by atoms with Crippen molar-refractivity contribution >= 4 is 39.8 Å². The van der Waals surface area contributed by atoms with Crippen molar-refractivity contribution in [2.75, 3.05) is 13.7 Å². The van der Waals surface area contributed by atoms with Crippen LogP contribution in [0.15, 0.2) is 65.6 Å². The molecular formula is C25H23NO4S. The molecular weight excluding hydrogens is 410 g/mol. The van der Waals surface area contributed by atoms with Gasteiger partial charge in [-0.05, 0) is 58.3 Å². The van der Waals surface area contributed by atoms with Gasteiger partial charge in [-0.15, -0.1) is 0 Å². The summed E-state index contributed by atoms with van der Waals surface area (Å²) in [7, 11) is 1.58. The van der Waals surface area contributed by atoms with Gasteiger partial charge in [-0.3, -0.25) is 14.5 Å². The molecule has 0 unspecified atom stereocenters. The number of hydrogen-bond donors (Lipinski definition) is 0. The van der Waals surface area contributed by atoms with Crippen LogP contribution < -0.4 is 9.47 Å². The summed E-state index contributed by atoms with van der Waals surface area (Å²) >= 11 is 0.959. The number of amides is 2. The van der Waals surface area contributed by atoms with Gasteiger partial charge in [0.1, 0.15) is 0 Å². The van der Waals surface area contributed by atoms with Crippen LogP contribution in [0.1, 0.15) is 24.5 Å². The van der Waals surface area contributed by atoms with E-state index in [-0.39, 0.29) is 17.7 Å². The van der Waals surface area contributed by atoms with Gasteiger partial charge in [0.15, 0.2) is 11.5 Å². The second kappa shape index (κ2) is 9.27. The summed E-state index contributed by atoms with van der Waals surface area (Å²) in [6.07, 6.45) is 2.62. The summed E-state index contributed by atoms with van der Waals surface area (Å²) < 4.78 is 11.1. The highest BCUT2D eigenvalue weighted by Crippen LogP contribution is 2.36. The molecule has 158 valence electrons. The third-order valence-corrected chi connectivity index (χ3v) is 5.94. The van der Waals surface area contributed by atoms with Gasteiger partial charge >= 0.3 is 0 Å². The molecule has 0 atom stereocenters. The van der Waals surface area contributed by atoms with Crippen LogP contribution in [0.25, 0.3) is 16.8 Å². The summed E-state index contributed by atoms with van der Waals surface area (Å²) in [6, 6.07) is 19.4. The second-order valence-electron chi connectivity index (χ2n) is 7.16. The third-order valence-electron chi connectivity index (χ3n) is 5.03. The van der Waals surface area contributed by atoms with E-state index < -0.39 is 0 Å². The minimum Gasteiger partial charge on any atom is -0.493 e. The number of carbonyl (C=O) groups is 2. The van der Waals surface area contributed by atoms with E-state index in [1.807, 2.05) is 67.6 Å². The molecule has 1 heterocycles. The fourth-order valence-corrected chi connectivity index (χ4v) is 4.33. The van der Waals surface area contributed by atoms with Gasteiger partial charge in [-0.1, -0.05) is 55.5 Å². The first-order valence-corrected chi connectivity index (χ1v) is 10.9. The van der Waals surface area contributed by atoms with Crippen molar-refractivity contribution in [3.05, 3.63) is 76.7 Å². The van der Waals surface area contributed by atoms with Crippen LogP contribution >= 0.6 is 11.8 Å². The van der Waals surface area contributed by atoms with Crippen molar-refractivity contribution in [2.45, 2.75) is 19.9 Å². The smallest absolute Gasteiger partial charge is 0.293 e. The molecule has 3 aromatic carbocycles. The fraction of sp³-hybridized carbons (Fsp3) is 0.200. The van der Waals surface area contributed by atoms with Gasteiger partial charge in [0.05, 0.1) is 25.2 Å². The number of methoxy groups -OCH3 is 1. The molecule has 0 aliphatic carbocycles. The summed E-state index contributed by atoms with van der Waals surface area (Å²) in [6.45, 7) is 2.88. The molecule has 0 saturated carbocycles. The van der Waals surface area contributed by atoms with Crippen molar-refractivity contribution in [2.24, 2.45) is 0 Å². The Kier molecular flexibility index (Phi) is 6.28. The highest BCUT2D eigenvalue weighted by Gasteiger charge is 2.35. The lowest BCUT2D eigenvalue weighted by atomic mass is 10.0. The SMILES string of the molecule is CCCOc1ccc(/C=C2\SC(=O)N(Cc3cccc4ccccc34)C2=O)cc1OC. The van der Waals surface area contributed by atoms with Gasteiger partial charge in [0.2, 0.25) is 0 Å². The summed E-state index contributed by atoms with van der Waals surface area (Å²) in [4.78, 5) is 27.3. The first-order chi connectivity index (χ1) is 15.1. The van der Waals surface area contributed by atoms with E-state index in [9.17, 15) is 9.59 Å². The Labute approximate surface area is 185 Å². The minimum absolute atomic E-state index is 0.247. The number of ether oxygens (including phenoxy) is 2. The number of thioether (sulfide) groups is 1. The zero-order chi connectivity index (χ0) is 21.8. The number of rotatable bonds is 7. The van der Waals surface area contributed by atoms with E-state index >= 15 is 0 Å². The van der Waals surface area contributed by atoms with Crippen LogP contribution in [0.2, 0.25) is 0 Å². The topological polar surface area (TPSA) is 55.8 Å². The fourth-order valence-electron chi connectivity index (χ4n) is 3.49. The van der Waals surface area contributed by atoms with E-state index in [0.29, 0.717) is 23.0 Å². The molecule has 1 saturated heterocycles. The van der Waals surface area contributed by atoms with Gasteiger partial charge < -0.3 is 9.47 Å². The number of imide groups is 1. The molecule has 5 nitrogen and oxygen atoms in total. The largest absolute Gasteiger partial charge is 0.493 e. The molecule has 6 heteroatoms. The highest BCUT2D eigenvalue weighted by atomic mass is 32.2.